The van der Waals surface area contributed by atoms with Crippen molar-refractivity contribution in [3.8, 4) is 0 Å². The van der Waals surface area contributed by atoms with Gasteiger partial charge in [0.2, 0.25) is 0 Å². The number of allylic oxidation sites excluding steroid dienone is 6. The fourth-order valence-corrected chi connectivity index (χ4v) is 0.836. The highest BCUT2D eigenvalue weighted by atomic mass is 35.5. The Morgan fingerprint density at radius 2 is 2.30 bits per heavy atom. The van der Waals surface area contributed by atoms with Crippen LogP contribution in [0.2, 0.25) is 0 Å². The highest BCUT2D eigenvalue weighted by Gasteiger charge is 1.99. The van der Waals surface area contributed by atoms with Gasteiger partial charge in [0, 0.05) is 5.57 Å². The number of hydrogen-bond donors (Lipinski definition) is 0. The SMILES string of the molecule is O=C(Cl)C1=CC=CCC=C1. The van der Waals surface area contributed by atoms with E-state index >= 15 is 0 Å². The minimum Gasteiger partial charge on any atom is -0.276 e. The van der Waals surface area contributed by atoms with Crippen molar-refractivity contribution >= 4 is 16.8 Å². The summed E-state index contributed by atoms with van der Waals surface area (Å²) in [5.41, 5.74) is 0.551. The maximum absolute atomic E-state index is 10.6. The van der Waals surface area contributed by atoms with Gasteiger partial charge in [0.15, 0.2) is 0 Å². The normalized spacial score (nSPS) is 16.3. The standard InChI is InChI=1S/C8H7ClO/c9-8(10)7-5-3-1-2-4-6-7/h1,3-6H,2H2. The van der Waals surface area contributed by atoms with Crippen molar-refractivity contribution in [1.29, 1.82) is 0 Å². The van der Waals surface area contributed by atoms with Crippen LogP contribution in [0.15, 0.2) is 36.0 Å². The van der Waals surface area contributed by atoms with Crippen LogP contribution in [0.3, 0.4) is 0 Å². The highest BCUT2D eigenvalue weighted by Crippen LogP contribution is 2.07. The largest absolute Gasteiger partial charge is 0.276 e. The van der Waals surface area contributed by atoms with Crippen molar-refractivity contribution in [1.82, 2.24) is 0 Å². The van der Waals surface area contributed by atoms with E-state index < -0.39 is 5.24 Å². The summed E-state index contributed by atoms with van der Waals surface area (Å²) >= 11 is 5.24. The molecule has 10 heavy (non-hydrogen) atoms. The summed E-state index contributed by atoms with van der Waals surface area (Å²) in [6, 6.07) is 0. The third-order valence-electron chi connectivity index (χ3n) is 1.21. The van der Waals surface area contributed by atoms with Crippen molar-refractivity contribution in [2.45, 2.75) is 6.42 Å². The maximum atomic E-state index is 10.6. The summed E-state index contributed by atoms with van der Waals surface area (Å²) in [5.74, 6) is 0. The van der Waals surface area contributed by atoms with Gasteiger partial charge in [0.05, 0.1) is 0 Å². The van der Waals surface area contributed by atoms with Crippen molar-refractivity contribution < 1.29 is 4.79 Å². The molecule has 0 saturated heterocycles. The first kappa shape index (κ1) is 7.29. The minimum absolute atomic E-state index is 0.400. The summed E-state index contributed by atoms with van der Waals surface area (Å²) in [7, 11) is 0. The molecule has 52 valence electrons. The molecule has 0 heterocycles. The van der Waals surface area contributed by atoms with Crippen LogP contribution in [0.1, 0.15) is 6.42 Å². The lowest BCUT2D eigenvalue weighted by Gasteiger charge is -1.87. The van der Waals surface area contributed by atoms with Crippen LogP contribution in [0.4, 0.5) is 0 Å². The Morgan fingerprint density at radius 1 is 1.50 bits per heavy atom. The summed E-state index contributed by atoms with van der Waals surface area (Å²) in [4.78, 5) is 10.6. The van der Waals surface area contributed by atoms with Gasteiger partial charge < -0.3 is 0 Å². The van der Waals surface area contributed by atoms with Crippen molar-refractivity contribution in [2.24, 2.45) is 0 Å². The first-order valence-corrected chi connectivity index (χ1v) is 3.41. The molecule has 0 bridgehead atoms. The first-order valence-electron chi connectivity index (χ1n) is 3.04. The number of carbonyl (C=O) groups is 1. The van der Waals surface area contributed by atoms with E-state index in [-0.39, 0.29) is 0 Å². The summed E-state index contributed by atoms with van der Waals surface area (Å²) in [6.45, 7) is 0. The Labute approximate surface area is 64.7 Å². The number of rotatable bonds is 1. The maximum Gasteiger partial charge on any atom is 0.252 e. The van der Waals surface area contributed by atoms with Crippen LogP contribution < -0.4 is 0 Å². The molecule has 0 N–H and O–H groups in total. The lowest BCUT2D eigenvalue weighted by atomic mass is 10.2. The van der Waals surface area contributed by atoms with E-state index in [4.69, 9.17) is 11.6 Å². The molecule has 0 fully saturated rings. The zero-order valence-electron chi connectivity index (χ0n) is 5.38. The predicted molar refractivity (Wildman–Crippen MR) is 41.8 cm³/mol. The average molecular weight is 155 g/mol. The second-order valence-corrected chi connectivity index (χ2v) is 2.31. The molecule has 0 atom stereocenters. The van der Waals surface area contributed by atoms with Crippen molar-refractivity contribution in [3.63, 3.8) is 0 Å². The van der Waals surface area contributed by atoms with E-state index in [2.05, 4.69) is 0 Å². The van der Waals surface area contributed by atoms with Gasteiger partial charge in [-0.3, -0.25) is 4.79 Å². The van der Waals surface area contributed by atoms with Crippen LogP contribution in [-0.4, -0.2) is 5.24 Å². The molecule has 0 aromatic carbocycles. The highest BCUT2D eigenvalue weighted by molar-refractivity contribution is 6.68. The zero-order chi connectivity index (χ0) is 7.40. The second-order valence-electron chi connectivity index (χ2n) is 1.96. The monoisotopic (exact) mass is 154 g/mol. The van der Waals surface area contributed by atoms with Gasteiger partial charge in [0.1, 0.15) is 0 Å². The van der Waals surface area contributed by atoms with Crippen molar-refractivity contribution in [3.05, 3.63) is 36.0 Å². The van der Waals surface area contributed by atoms with E-state index in [1.807, 2.05) is 18.2 Å². The lowest BCUT2D eigenvalue weighted by Crippen LogP contribution is -1.87. The molecule has 0 amide bonds. The van der Waals surface area contributed by atoms with E-state index in [1.54, 1.807) is 12.2 Å². The molecule has 0 radical (unpaired) electrons. The third-order valence-corrected chi connectivity index (χ3v) is 1.43. The Morgan fingerprint density at radius 3 is 3.00 bits per heavy atom. The minimum atomic E-state index is -0.400. The average Bonchev–Trinajstić information content (AvgIpc) is 2.12. The van der Waals surface area contributed by atoms with Gasteiger partial charge in [-0.2, -0.15) is 0 Å². The molecule has 0 aromatic rings. The van der Waals surface area contributed by atoms with E-state index in [0.29, 0.717) is 5.57 Å². The molecule has 0 saturated carbocycles. The Balaban J connectivity index is 2.83. The Bertz CT molecular complexity index is 223. The number of hydrogen-bond acceptors (Lipinski definition) is 1. The van der Waals surface area contributed by atoms with E-state index in [9.17, 15) is 4.79 Å². The lowest BCUT2D eigenvalue weighted by molar-refractivity contribution is -0.108. The molecule has 1 aliphatic rings. The van der Waals surface area contributed by atoms with Gasteiger partial charge in [-0.25, -0.2) is 0 Å². The Hall–Kier alpha value is -0.820. The molecule has 0 aliphatic heterocycles. The van der Waals surface area contributed by atoms with Crippen molar-refractivity contribution in [2.75, 3.05) is 0 Å². The zero-order valence-corrected chi connectivity index (χ0v) is 6.14. The van der Waals surface area contributed by atoms with Crippen LogP contribution >= 0.6 is 11.6 Å². The number of carbonyl (C=O) groups excluding carboxylic acids is 1. The third kappa shape index (κ3) is 1.85. The quantitative estimate of drug-likeness (QED) is 0.530. The fourth-order valence-electron chi connectivity index (χ4n) is 0.710. The molecule has 2 heteroatoms. The smallest absolute Gasteiger partial charge is 0.252 e. The van der Waals surface area contributed by atoms with Crippen LogP contribution in [0, 0.1) is 0 Å². The molecule has 1 aliphatic carbocycles. The van der Waals surface area contributed by atoms with Gasteiger partial charge in [-0.15, -0.1) is 0 Å². The fraction of sp³-hybridized carbons (Fsp3) is 0.125. The van der Waals surface area contributed by atoms with Crippen LogP contribution in [-0.2, 0) is 4.79 Å². The predicted octanol–water partition coefficient (Wildman–Crippen LogP) is 2.19. The molecule has 1 rings (SSSR count). The molecule has 0 spiro atoms. The van der Waals surface area contributed by atoms with Gasteiger partial charge in [0.25, 0.3) is 5.24 Å². The van der Waals surface area contributed by atoms with Crippen LogP contribution in [0.5, 0.6) is 0 Å². The second kappa shape index (κ2) is 3.37. The molecular formula is C8H7ClO. The summed E-state index contributed by atoms with van der Waals surface area (Å²) in [5, 5.41) is -0.400. The molecule has 0 unspecified atom stereocenters. The topological polar surface area (TPSA) is 17.1 Å². The Kier molecular flexibility index (Phi) is 2.46. The number of halogens is 1. The van der Waals surface area contributed by atoms with Gasteiger partial charge >= 0.3 is 0 Å². The summed E-state index contributed by atoms with van der Waals surface area (Å²) < 4.78 is 0. The van der Waals surface area contributed by atoms with E-state index in [0.717, 1.165) is 6.42 Å². The van der Waals surface area contributed by atoms with Crippen LogP contribution in [0.25, 0.3) is 0 Å². The molecule has 1 nitrogen and oxygen atoms in total. The van der Waals surface area contributed by atoms with Gasteiger partial charge in [-0.05, 0) is 18.0 Å². The first-order chi connectivity index (χ1) is 4.80. The van der Waals surface area contributed by atoms with Gasteiger partial charge in [-0.1, -0.05) is 30.4 Å². The molecular weight excluding hydrogens is 148 g/mol. The summed E-state index contributed by atoms with van der Waals surface area (Å²) in [6.07, 6.45) is 9.99. The molecule has 0 aromatic heterocycles. The van der Waals surface area contributed by atoms with E-state index in [1.165, 1.54) is 0 Å².